The molecule has 0 atom stereocenters. The Morgan fingerprint density at radius 3 is 2.42 bits per heavy atom. The topological polar surface area (TPSA) is 92.8 Å². The number of benzene rings is 3. The summed E-state index contributed by atoms with van der Waals surface area (Å²) in [6.45, 7) is -0.495. The zero-order chi connectivity index (χ0) is 22.6. The van der Waals surface area contributed by atoms with E-state index >= 15 is 0 Å². The average molecular weight is 461 g/mol. The van der Waals surface area contributed by atoms with Crippen LogP contribution < -0.4 is 5.32 Å². The number of anilines is 1. The predicted molar refractivity (Wildman–Crippen MR) is 120 cm³/mol. The average Bonchev–Trinajstić information content (AvgIpc) is 2.73. The molecule has 0 aliphatic carbocycles. The number of carbonyl (C=O) groups excluding carboxylic acids is 2. The van der Waals surface area contributed by atoms with Gasteiger partial charge in [-0.25, -0.2) is 12.7 Å². The van der Waals surface area contributed by atoms with Crippen LogP contribution in [0.4, 0.5) is 5.69 Å². The van der Waals surface area contributed by atoms with Gasteiger partial charge in [-0.1, -0.05) is 54.1 Å². The number of esters is 1. The van der Waals surface area contributed by atoms with E-state index in [-0.39, 0.29) is 22.0 Å². The van der Waals surface area contributed by atoms with E-state index in [1.54, 1.807) is 0 Å². The van der Waals surface area contributed by atoms with Crippen LogP contribution >= 0.6 is 11.6 Å². The number of amides is 1. The molecule has 0 fully saturated rings. The van der Waals surface area contributed by atoms with Gasteiger partial charge in [0, 0.05) is 19.8 Å². The van der Waals surface area contributed by atoms with E-state index in [0.29, 0.717) is 0 Å². The van der Waals surface area contributed by atoms with E-state index in [9.17, 15) is 18.0 Å². The fourth-order valence-corrected chi connectivity index (χ4v) is 4.28. The van der Waals surface area contributed by atoms with Crippen molar-refractivity contribution in [2.45, 2.75) is 11.3 Å². The molecule has 3 aromatic carbocycles. The molecule has 31 heavy (non-hydrogen) atoms. The summed E-state index contributed by atoms with van der Waals surface area (Å²) in [5.74, 6) is -1.14. The number of rotatable bonds is 7. The Bertz CT molecular complexity index is 1240. The Kier molecular flexibility index (Phi) is 6.94. The maximum atomic E-state index is 12.3. The lowest BCUT2D eigenvalue weighted by Crippen LogP contribution is -2.24. The van der Waals surface area contributed by atoms with Crippen LogP contribution in [0.5, 0.6) is 0 Å². The second-order valence-corrected chi connectivity index (χ2v) is 9.53. The highest BCUT2D eigenvalue weighted by molar-refractivity contribution is 7.89. The lowest BCUT2D eigenvalue weighted by atomic mass is 10.1. The number of hydrogen-bond acceptors (Lipinski definition) is 5. The number of hydrogen-bond donors (Lipinski definition) is 1. The molecule has 0 heterocycles. The van der Waals surface area contributed by atoms with Crippen molar-refractivity contribution in [2.24, 2.45) is 0 Å². The molecule has 0 radical (unpaired) electrons. The molecule has 3 rings (SSSR count). The maximum absolute atomic E-state index is 12.3. The third kappa shape index (κ3) is 5.61. The summed E-state index contributed by atoms with van der Waals surface area (Å²) in [5, 5.41) is 4.62. The van der Waals surface area contributed by atoms with Gasteiger partial charge in [-0.05, 0) is 34.5 Å². The molecule has 7 nitrogen and oxygen atoms in total. The SMILES string of the molecule is CN(C)S(=O)(=O)c1cc(NC(=O)COC(=O)Cc2ccc3ccccc3c2)ccc1Cl. The van der Waals surface area contributed by atoms with Gasteiger partial charge >= 0.3 is 5.97 Å². The van der Waals surface area contributed by atoms with Gasteiger partial charge in [0.1, 0.15) is 4.90 Å². The molecule has 1 amide bonds. The van der Waals surface area contributed by atoms with Crippen molar-refractivity contribution in [1.82, 2.24) is 4.31 Å². The zero-order valence-electron chi connectivity index (χ0n) is 17.0. The Hall–Kier alpha value is -2.94. The molecule has 0 bridgehead atoms. The molecule has 0 unspecified atom stereocenters. The molecule has 3 aromatic rings. The van der Waals surface area contributed by atoms with E-state index in [2.05, 4.69) is 5.32 Å². The minimum atomic E-state index is -3.78. The van der Waals surface area contributed by atoms with Crippen LogP contribution in [-0.2, 0) is 30.8 Å². The largest absolute Gasteiger partial charge is 0.455 e. The monoisotopic (exact) mass is 460 g/mol. The Balaban J connectivity index is 1.59. The summed E-state index contributed by atoms with van der Waals surface area (Å²) in [5.41, 5.74) is 1.00. The third-order valence-corrected chi connectivity index (χ3v) is 6.80. The van der Waals surface area contributed by atoms with Crippen LogP contribution in [-0.4, -0.2) is 45.3 Å². The van der Waals surface area contributed by atoms with Crippen LogP contribution in [0.1, 0.15) is 5.56 Å². The number of ether oxygens (including phenoxy) is 1. The first-order valence-electron chi connectivity index (χ1n) is 9.32. The summed E-state index contributed by atoms with van der Waals surface area (Å²) < 4.78 is 30.7. The van der Waals surface area contributed by atoms with Gasteiger partial charge in [-0.3, -0.25) is 9.59 Å². The summed E-state index contributed by atoms with van der Waals surface area (Å²) in [6, 6.07) is 17.5. The number of fused-ring (bicyclic) bond motifs is 1. The summed E-state index contributed by atoms with van der Waals surface area (Å²) in [4.78, 5) is 24.1. The van der Waals surface area contributed by atoms with Crippen molar-refractivity contribution >= 4 is 50.0 Å². The highest BCUT2D eigenvalue weighted by Gasteiger charge is 2.21. The molecule has 0 saturated carbocycles. The molecule has 0 aliphatic rings. The van der Waals surface area contributed by atoms with Crippen LogP contribution in [0.2, 0.25) is 5.02 Å². The molecule has 1 N–H and O–H groups in total. The van der Waals surface area contributed by atoms with Crippen LogP contribution in [0.15, 0.2) is 65.6 Å². The predicted octanol–water partition coefficient (Wildman–Crippen LogP) is 3.47. The molecule has 162 valence electrons. The van der Waals surface area contributed by atoms with Crippen molar-refractivity contribution in [3.63, 3.8) is 0 Å². The number of nitrogens with one attached hydrogen (secondary N) is 1. The van der Waals surface area contributed by atoms with Crippen molar-refractivity contribution in [3.05, 3.63) is 71.2 Å². The first-order chi connectivity index (χ1) is 14.7. The molecule has 9 heteroatoms. The number of halogens is 1. The molecule has 0 spiro atoms. The minimum Gasteiger partial charge on any atom is -0.455 e. The highest BCUT2D eigenvalue weighted by atomic mass is 35.5. The van der Waals surface area contributed by atoms with Crippen LogP contribution in [0.3, 0.4) is 0 Å². The normalized spacial score (nSPS) is 11.5. The van der Waals surface area contributed by atoms with Gasteiger partial charge in [0.2, 0.25) is 10.0 Å². The van der Waals surface area contributed by atoms with Crippen molar-refractivity contribution in [2.75, 3.05) is 26.0 Å². The number of sulfonamides is 1. The third-order valence-electron chi connectivity index (χ3n) is 4.50. The smallest absolute Gasteiger partial charge is 0.310 e. The van der Waals surface area contributed by atoms with Crippen molar-refractivity contribution in [1.29, 1.82) is 0 Å². The Morgan fingerprint density at radius 2 is 1.71 bits per heavy atom. The van der Waals surface area contributed by atoms with E-state index in [1.807, 2.05) is 42.5 Å². The molecular formula is C22H21ClN2O5S. The lowest BCUT2D eigenvalue weighted by molar-refractivity contribution is -0.146. The molecule has 0 aliphatic heterocycles. The van der Waals surface area contributed by atoms with E-state index in [1.165, 1.54) is 32.3 Å². The molecule has 0 aromatic heterocycles. The second kappa shape index (κ2) is 9.47. The number of carbonyl (C=O) groups is 2. The van der Waals surface area contributed by atoms with E-state index in [0.717, 1.165) is 20.6 Å². The molecule has 0 saturated heterocycles. The zero-order valence-corrected chi connectivity index (χ0v) is 18.5. The minimum absolute atomic E-state index is 0.0320. The fourth-order valence-electron chi connectivity index (χ4n) is 2.89. The standard InChI is InChI=1S/C22H21ClN2O5S/c1-25(2)31(28,29)20-13-18(9-10-19(20)23)24-21(26)14-30-22(27)12-15-7-8-16-5-3-4-6-17(16)11-15/h3-11,13H,12,14H2,1-2H3,(H,24,26). The highest BCUT2D eigenvalue weighted by Crippen LogP contribution is 2.26. The van der Waals surface area contributed by atoms with Crippen molar-refractivity contribution < 1.29 is 22.7 Å². The van der Waals surface area contributed by atoms with Gasteiger partial charge in [0.05, 0.1) is 11.4 Å². The first-order valence-corrected chi connectivity index (χ1v) is 11.1. The first kappa shape index (κ1) is 22.7. The Morgan fingerprint density at radius 1 is 1.00 bits per heavy atom. The van der Waals surface area contributed by atoms with Gasteiger partial charge in [-0.15, -0.1) is 0 Å². The van der Waals surface area contributed by atoms with Crippen LogP contribution in [0, 0.1) is 0 Å². The fraction of sp³-hybridized carbons (Fsp3) is 0.182. The summed E-state index contributed by atoms with van der Waals surface area (Å²) in [6.07, 6.45) is 0.0320. The van der Waals surface area contributed by atoms with Gasteiger partial charge in [0.25, 0.3) is 5.91 Å². The second-order valence-electron chi connectivity index (χ2n) is 7.00. The van der Waals surface area contributed by atoms with Gasteiger partial charge in [0.15, 0.2) is 6.61 Å². The number of nitrogens with zero attached hydrogens (tertiary/aromatic N) is 1. The van der Waals surface area contributed by atoms with E-state index in [4.69, 9.17) is 16.3 Å². The van der Waals surface area contributed by atoms with Crippen molar-refractivity contribution in [3.8, 4) is 0 Å². The van der Waals surface area contributed by atoms with Gasteiger partial charge < -0.3 is 10.1 Å². The maximum Gasteiger partial charge on any atom is 0.310 e. The summed E-state index contributed by atoms with van der Waals surface area (Å²) >= 11 is 5.99. The van der Waals surface area contributed by atoms with Crippen LogP contribution in [0.25, 0.3) is 10.8 Å². The Labute approximate surface area is 185 Å². The quantitative estimate of drug-likeness (QED) is 0.545. The van der Waals surface area contributed by atoms with E-state index < -0.39 is 28.5 Å². The molecular weight excluding hydrogens is 440 g/mol. The lowest BCUT2D eigenvalue weighted by Gasteiger charge is -2.14. The van der Waals surface area contributed by atoms with Gasteiger partial charge in [-0.2, -0.15) is 0 Å². The summed E-state index contributed by atoms with van der Waals surface area (Å²) in [7, 11) is -1.02.